The molecule has 0 aliphatic carbocycles. The Morgan fingerprint density at radius 2 is 2.09 bits per heavy atom. The minimum Gasteiger partial charge on any atom is -0.496 e. The van der Waals surface area contributed by atoms with E-state index in [0.29, 0.717) is 0 Å². The highest BCUT2D eigenvalue weighted by molar-refractivity contribution is 7.07. The SMILES string of the molecule is CN=c1scc(-c2ccccc2OC)n1N=Cc1ccc[nH]1. The third-order valence-corrected chi connectivity index (χ3v) is 4.10. The largest absolute Gasteiger partial charge is 0.496 e. The van der Waals surface area contributed by atoms with E-state index < -0.39 is 0 Å². The molecular weight excluding hydrogens is 296 g/mol. The van der Waals surface area contributed by atoms with Gasteiger partial charge >= 0.3 is 0 Å². The monoisotopic (exact) mass is 312 g/mol. The van der Waals surface area contributed by atoms with Crippen molar-refractivity contribution in [3.8, 4) is 17.0 Å². The second-order valence-electron chi connectivity index (χ2n) is 4.51. The molecule has 3 rings (SSSR count). The third-order valence-electron chi connectivity index (χ3n) is 3.19. The predicted molar refractivity (Wildman–Crippen MR) is 89.6 cm³/mol. The summed E-state index contributed by atoms with van der Waals surface area (Å²) in [5.74, 6) is 0.812. The molecule has 22 heavy (non-hydrogen) atoms. The Bertz CT molecular complexity index is 843. The molecule has 1 N–H and O–H groups in total. The van der Waals surface area contributed by atoms with E-state index in [0.717, 1.165) is 27.5 Å². The van der Waals surface area contributed by atoms with Crippen molar-refractivity contribution in [2.75, 3.05) is 14.2 Å². The first-order valence-electron chi connectivity index (χ1n) is 6.78. The first-order chi connectivity index (χ1) is 10.8. The summed E-state index contributed by atoms with van der Waals surface area (Å²) in [6.07, 6.45) is 3.65. The Balaban J connectivity index is 2.12. The molecular formula is C16H16N4OS. The lowest BCUT2D eigenvalue weighted by molar-refractivity contribution is 0.416. The lowest BCUT2D eigenvalue weighted by Crippen LogP contribution is -2.11. The van der Waals surface area contributed by atoms with Crippen LogP contribution < -0.4 is 9.54 Å². The minimum atomic E-state index is 0.812. The maximum Gasteiger partial charge on any atom is 0.205 e. The van der Waals surface area contributed by atoms with Gasteiger partial charge in [0.05, 0.1) is 24.7 Å². The number of aromatic amines is 1. The van der Waals surface area contributed by atoms with Gasteiger partial charge in [-0.1, -0.05) is 12.1 Å². The van der Waals surface area contributed by atoms with E-state index >= 15 is 0 Å². The van der Waals surface area contributed by atoms with E-state index in [1.54, 1.807) is 31.7 Å². The van der Waals surface area contributed by atoms with E-state index in [2.05, 4.69) is 15.1 Å². The molecule has 0 radical (unpaired) electrons. The Hall–Kier alpha value is -2.60. The molecule has 0 saturated heterocycles. The molecule has 6 heteroatoms. The van der Waals surface area contributed by atoms with Crippen LogP contribution in [0.1, 0.15) is 5.69 Å². The summed E-state index contributed by atoms with van der Waals surface area (Å²) in [7, 11) is 3.43. The summed E-state index contributed by atoms with van der Waals surface area (Å²) in [6, 6.07) is 11.8. The second kappa shape index (κ2) is 6.44. The van der Waals surface area contributed by atoms with Gasteiger partial charge in [0.25, 0.3) is 0 Å². The average molecular weight is 312 g/mol. The molecule has 2 aromatic heterocycles. The topological polar surface area (TPSA) is 54.7 Å². The highest BCUT2D eigenvalue weighted by atomic mass is 32.1. The Morgan fingerprint density at radius 1 is 1.23 bits per heavy atom. The summed E-state index contributed by atoms with van der Waals surface area (Å²) in [5.41, 5.74) is 2.87. The lowest BCUT2D eigenvalue weighted by atomic mass is 10.1. The average Bonchev–Trinajstić information content (AvgIpc) is 3.21. The molecule has 0 aliphatic heterocycles. The fraction of sp³-hybridized carbons (Fsp3) is 0.125. The van der Waals surface area contributed by atoms with Gasteiger partial charge in [-0.25, -0.2) is 4.68 Å². The predicted octanol–water partition coefficient (Wildman–Crippen LogP) is 2.97. The van der Waals surface area contributed by atoms with Crippen molar-refractivity contribution in [3.63, 3.8) is 0 Å². The first kappa shape index (κ1) is 14.3. The summed E-state index contributed by atoms with van der Waals surface area (Å²) in [4.78, 5) is 8.22. The summed E-state index contributed by atoms with van der Waals surface area (Å²) >= 11 is 1.54. The number of para-hydroxylation sites is 1. The van der Waals surface area contributed by atoms with Gasteiger partial charge in [-0.2, -0.15) is 5.10 Å². The molecule has 1 aromatic carbocycles. The van der Waals surface area contributed by atoms with Gasteiger partial charge in [-0.15, -0.1) is 11.3 Å². The summed E-state index contributed by atoms with van der Waals surface area (Å²) < 4.78 is 7.27. The van der Waals surface area contributed by atoms with Crippen LogP contribution in [0.5, 0.6) is 5.75 Å². The van der Waals surface area contributed by atoms with Crippen molar-refractivity contribution in [2.24, 2.45) is 10.1 Å². The number of aromatic nitrogens is 2. The number of hydrogen-bond acceptors (Lipinski definition) is 4. The molecule has 3 aromatic rings. The van der Waals surface area contributed by atoms with E-state index in [4.69, 9.17) is 4.74 Å². The van der Waals surface area contributed by atoms with Crippen LogP contribution in [0.25, 0.3) is 11.3 Å². The molecule has 5 nitrogen and oxygen atoms in total. The number of nitrogens with zero attached hydrogens (tertiary/aromatic N) is 3. The summed E-state index contributed by atoms with van der Waals surface area (Å²) in [6.45, 7) is 0. The fourth-order valence-corrected chi connectivity index (χ4v) is 2.94. The van der Waals surface area contributed by atoms with Crippen molar-refractivity contribution < 1.29 is 4.74 Å². The van der Waals surface area contributed by atoms with Crippen molar-refractivity contribution in [1.82, 2.24) is 9.66 Å². The van der Waals surface area contributed by atoms with Crippen LogP contribution in [0.2, 0.25) is 0 Å². The summed E-state index contributed by atoms with van der Waals surface area (Å²) in [5, 5.41) is 6.59. The van der Waals surface area contributed by atoms with Crippen LogP contribution in [0, 0.1) is 0 Å². The molecule has 0 saturated carbocycles. The van der Waals surface area contributed by atoms with E-state index in [9.17, 15) is 0 Å². The number of nitrogens with one attached hydrogen (secondary N) is 1. The lowest BCUT2D eigenvalue weighted by Gasteiger charge is -2.08. The normalized spacial score (nSPS) is 12.2. The molecule has 0 fully saturated rings. The molecule has 0 atom stereocenters. The Kier molecular flexibility index (Phi) is 4.20. The Morgan fingerprint density at radius 3 is 2.82 bits per heavy atom. The molecule has 0 aliphatic rings. The van der Waals surface area contributed by atoms with Crippen molar-refractivity contribution in [3.05, 3.63) is 58.5 Å². The molecule has 112 valence electrons. The zero-order valence-electron chi connectivity index (χ0n) is 12.4. The fourth-order valence-electron chi connectivity index (χ4n) is 2.15. The number of rotatable bonds is 4. The second-order valence-corrected chi connectivity index (χ2v) is 5.35. The first-order valence-corrected chi connectivity index (χ1v) is 7.66. The van der Waals surface area contributed by atoms with Crippen LogP contribution >= 0.6 is 11.3 Å². The van der Waals surface area contributed by atoms with Gasteiger partial charge in [-0.3, -0.25) is 4.99 Å². The van der Waals surface area contributed by atoms with Gasteiger partial charge in [-0.05, 0) is 24.3 Å². The molecule has 0 spiro atoms. The van der Waals surface area contributed by atoms with Crippen LogP contribution in [0.4, 0.5) is 0 Å². The number of ether oxygens (including phenoxy) is 1. The van der Waals surface area contributed by atoms with Gasteiger partial charge in [0.2, 0.25) is 4.80 Å². The molecule has 0 amide bonds. The highest BCUT2D eigenvalue weighted by Crippen LogP contribution is 2.29. The smallest absolute Gasteiger partial charge is 0.205 e. The van der Waals surface area contributed by atoms with Crippen LogP contribution in [0.3, 0.4) is 0 Å². The van der Waals surface area contributed by atoms with Crippen LogP contribution in [-0.4, -0.2) is 30.0 Å². The number of hydrogen-bond donors (Lipinski definition) is 1. The van der Waals surface area contributed by atoms with Crippen LogP contribution in [0.15, 0.2) is 58.1 Å². The van der Waals surface area contributed by atoms with E-state index in [1.807, 2.05) is 52.7 Å². The molecule has 0 bridgehead atoms. The zero-order chi connectivity index (χ0) is 15.4. The van der Waals surface area contributed by atoms with Crippen molar-refractivity contribution >= 4 is 17.6 Å². The minimum absolute atomic E-state index is 0.812. The van der Waals surface area contributed by atoms with E-state index in [1.165, 1.54) is 0 Å². The maximum absolute atomic E-state index is 5.45. The number of H-pyrrole nitrogens is 1. The standard InChI is InChI=1S/C16H16N4OS/c1-17-16-20(19-10-12-6-5-9-18-12)14(11-22-16)13-7-3-4-8-15(13)21-2/h3-11,18H,1-2H3. The number of methoxy groups -OCH3 is 1. The number of benzene rings is 1. The molecule has 0 unspecified atom stereocenters. The number of thiazole rings is 1. The quantitative estimate of drug-likeness (QED) is 0.740. The van der Waals surface area contributed by atoms with Crippen molar-refractivity contribution in [1.29, 1.82) is 0 Å². The Labute approximate surface area is 132 Å². The van der Waals surface area contributed by atoms with Crippen LogP contribution in [-0.2, 0) is 0 Å². The third kappa shape index (κ3) is 2.73. The van der Waals surface area contributed by atoms with Gasteiger partial charge < -0.3 is 9.72 Å². The highest BCUT2D eigenvalue weighted by Gasteiger charge is 2.11. The van der Waals surface area contributed by atoms with Gasteiger partial charge in [0, 0.05) is 24.2 Å². The van der Waals surface area contributed by atoms with Gasteiger partial charge in [0.1, 0.15) is 5.75 Å². The van der Waals surface area contributed by atoms with Gasteiger partial charge in [0.15, 0.2) is 0 Å². The van der Waals surface area contributed by atoms with Crippen molar-refractivity contribution in [2.45, 2.75) is 0 Å². The zero-order valence-corrected chi connectivity index (χ0v) is 13.2. The van der Waals surface area contributed by atoms with E-state index in [-0.39, 0.29) is 0 Å². The molecule has 2 heterocycles. The maximum atomic E-state index is 5.45.